The molecule has 113 heavy (non-hydrogen) atoms. The molecule has 8 atom stereocenters. The molecule has 9 aromatic heterocycles. The van der Waals surface area contributed by atoms with E-state index in [9.17, 15) is 33.7 Å². The van der Waals surface area contributed by atoms with Gasteiger partial charge in [0.25, 0.3) is 0 Å². The smallest absolute Gasteiger partial charge is 0.345 e. The quantitative estimate of drug-likeness (QED) is 0.0328. The molecule has 9 aromatic rings. The van der Waals surface area contributed by atoms with Crippen molar-refractivity contribution in [2.24, 2.45) is 11.8 Å². The average Bonchev–Trinajstić information content (AvgIpc) is 1.62. The second-order valence-electron chi connectivity index (χ2n) is 33.8. The number of amides is 2. The molecule has 3 aliphatic heterocycles. The molecule has 0 radical (unpaired) electrons. The number of alkyl halides is 2. The van der Waals surface area contributed by atoms with Gasteiger partial charge in [-0.3, -0.25) is 23.6 Å². The molecule has 3 saturated carbocycles. The Labute approximate surface area is 659 Å². The van der Waals surface area contributed by atoms with E-state index in [1.165, 1.54) is 5.69 Å². The lowest BCUT2D eigenvalue weighted by Gasteiger charge is -2.40. The summed E-state index contributed by atoms with van der Waals surface area (Å²) >= 11 is 0. The number of nitrogens with zero attached hydrogens (tertiary/aromatic N) is 18. The molecule has 0 aromatic carbocycles. The first-order valence-electron chi connectivity index (χ1n) is 40.5. The topological polar surface area (TPSA) is 322 Å². The highest BCUT2D eigenvalue weighted by molar-refractivity contribution is 5.87. The first-order chi connectivity index (χ1) is 54.1. The predicted molar refractivity (Wildman–Crippen MR) is 425 cm³/mol. The van der Waals surface area contributed by atoms with Crippen molar-refractivity contribution in [3.05, 3.63) is 96.9 Å². The average molecular weight is 1570 g/mol. The minimum Gasteiger partial charge on any atom is -0.393 e. The highest BCUT2D eigenvalue weighted by atomic mass is 19.3. The van der Waals surface area contributed by atoms with Gasteiger partial charge in [0.15, 0.2) is 0 Å². The van der Waals surface area contributed by atoms with Gasteiger partial charge in [0.05, 0.1) is 111 Å². The van der Waals surface area contributed by atoms with Crippen molar-refractivity contribution in [1.82, 2.24) is 93.2 Å². The van der Waals surface area contributed by atoms with Crippen LogP contribution < -0.4 is 16.0 Å². The van der Waals surface area contributed by atoms with Crippen LogP contribution in [0, 0.1) is 11.8 Å². The number of hydrogen-bond acceptors (Lipinski definition) is 22. The fourth-order valence-corrected chi connectivity index (χ4v) is 17.0. The fraction of sp³-hybridized carbons (Fsp3) is 0.642. The lowest BCUT2D eigenvalue weighted by Crippen LogP contribution is -2.59. The van der Waals surface area contributed by atoms with E-state index < -0.39 is 17.7 Å². The summed E-state index contributed by atoms with van der Waals surface area (Å²) < 4.78 is 56.8. The van der Waals surface area contributed by atoms with E-state index in [1.807, 2.05) is 114 Å². The summed E-state index contributed by atoms with van der Waals surface area (Å²) in [4.78, 5) is 47.0. The molecule has 6 aliphatic rings. The maximum absolute atomic E-state index is 13.7. The van der Waals surface area contributed by atoms with Crippen molar-refractivity contribution < 1.29 is 52.6 Å². The van der Waals surface area contributed by atoms with Gasteiger partial charge >= 0.3 is 6.61 Å². The molecular formula is C81H117F2N21O9. The van der Waals surface area contributed by atoms with Crippen LogP contribution in [0.4, 0.5) is 20.7 Å². The number of carbonyl (C=O) groups is 2. The molecule has 30 nitrogen and oxygen atoms in total. The molecule has 6 fully saturated rings. The number of ether oxygens (including phenoxy) is 4. The van der Waals surface area contributed by atoms with Crippen LogP contribution in [-0.4, -0.2) is 258 Å². The molecule has 6 N–H and O–H groups in total. The van der Waals surface area contributed by atoms with Crippen LogP contribution in [0.15, 0.2) is 74.0 Å². The third-order valence-corrected chi connectivity index (χ3v) is 23.6. The number of methoxy groups -OCH3 is 2. The van der Waals surface area contributed by atoms with E-state index >= 15 is 0 Å². The third-order valence-electron chi connectivity index (χ3n) is 23.6. The monoisotopic (exact) mass is 1570 g/mol. The summed E-state index contributed by atoms with van der Waals surface area (Å²) in [5.41, 5.74) is 10.1. The Bertz CT molecular complexity index is 4650. The summed E-state index contributed by atoms with van der Waals surface area (Å²) in [6.07, 6.45) is 25.9. The number of carbonyl (C=O) groups excluding carboxylic acids is 2. The molecule has 0 unspecified atom stereocenters. The van der Waals surface area contributed by atoms with E-state index in [0.29, 0.717) is 88.7 Å². The van der Waals surface area contributed by atoms with Crippen LogP contribution in [-0.2, 0) is 46.0 Å². The largest absolute Gasteiger partial charge is 0.393 e. The zero-order valence-corrected chi connectivity index (χ0v) is 67.9. The van der Waals surface area contributed by atoms with Crippen LogP contribution in [0.25, 0.3) is 49.9 Å². The minimum absolute atomic E-state index is 0.0429. The van der Waals surface area contributed by atoms with Crippen LogP contribution in [0.1, 0.15) is 187 Å². The van der Waals surface area contributed by atoms with Gasteiger partial charge < -0.3 is 64.9 Å². The number of piperazine rings is 2. The summed E-state index contributed by atoms with van der Waals surface area (Å²) in [5, 5.41) is 69.0. The molecule has 3 aliphatic carbocycles. The van der Waals surface area contributed by atoms with Crippen LogP contribution >= 0.6 is 0 Å². The number of nitrogens with one attached hydrogen (secondary N) is 3. The lowest BCUT2D eigenvalue weighted by molar-refractivity contribution is -0.142. The van der Waals surface area contributed by atoms with Crippen LogP contribution in [0.5, 0.6) is 0 Å². The Morgan fingerprint density at radius 1 is 0.584 bits per heavy atom. The van der Waals surface area contributed by atoms with Crippen molar-refractivity contribution in [3.8, 4) is 33.4 Å². The number of aliphatic hydroxyl groups is 3. The van der Waals surface area contributed by atoms with Crippen molar-refractivity contribution in [2.75, 3.05) is 104 Å². The van der Waals surface area contributed by atoms with Gasteiger partial charge in [-0.15, -0.1) is 10.2 Å². The number of halogens is 2. The van der Waals surface area contributed by atoms with Crippen molar-refractivity contribution in [3.63, 3.8) is 0 Å². The van der Waals surface area contributed by atoms with Gasteiger partial charge in [0, 0.05) is 171 Å². The van der Waals surface area contributed by atoms with Crippen molar-refractivity contribution in [2.45, 2.75) is 230 Å². The molecule has 2 amide bonds. The Morgan fingerprint density at radius 2 is 1.04 bits per heavy atom. The molecule has 15 rings (SSSR count). The molecule has 3 saturated heterocycles. The van der Waals surface area contributed by atoms with E-state index in [4.69, 9.17) is 29.5 Å². The summed E-state index contributed by atoms with van der Waals surface area (Å²) in [5.74, 6) is 2.71. The van der Waals surface area contributed by atoms with Crippen LogP contribution in [0.2, 0.25) is 0 Å². The maximum atomic E-state index is 13.7. The second kappa shape index (κ2) is 35.7. The predicted octanol–water partition coefficient (Wildman–Crippen LogP) is 9.42. The van der Waals surface area contributed by atoms with E-state index in [2.05, 4.69) is 108 Å². The normalized spacial score (nSPS) is 23.7. The zero-order chi connectivity index (χ0) is 80.2. The highest BCUT2D eigenvalue weighted by Gasteiger charge is 2.40. The van der Waals surface area contributed by atoms with Gasteiger partial charge in [-0.1, -0.05) is 13.8 Å². The van der Waals surface area contributed by atoms with Crippen molar-refractivity contribution in [1.29, 1.82) is 0 Å². The first-order valence-corrected chi connectivity index (χ1v) is 40.5. The molecule has 0 spiro atoms. The number of hydrogen-bond donors (Lipinski definition) is 6. The van der Waals surface area contributed by atoms with Crippen LogP contribution in [0.3, 0.4) is 0 Å². The minimum atomic E-state index is -2.80. The molecule has 32 heteroatoms. The Kier molecular flexibility index (Phi) is 26.1. The SMILES string of the molecule is COC[C@H](C)Nc1ncc2c(-c3cnn(C(C)(C)C(=O)N4C[C@@H](C)N[C@@H](C)C4)c3)cc(C3CCC(O)CC3)n2n1.COC[C@H](C)Nc1ncc2c(-c3cnn(C4COC4)c3)cc([C@@H]3CC[C@@H](O)[C@H](C)C3)n2n1.C[C@@H](COC(F)F)Cc1ncc2c(-c3cnn(C(C)(C)C(=O)N4CCN(C)CC4)c3)cc(C3CCC(O)CC3)n2n1. The molecule has 614 valence electrons. The van der Waals surface area contributed by atoms with Gasteiger partial charge in [-0.25, -0.2) is 28.5 Å². The number of anilines is 2. The summed E-state index contributed by atoms with van der Waals surface area (Å²) in [6.45, 7) is 24.0. The second-order valence-corrected chi connectivity index (χ2v) is 33.8. The van der Waals surface area contributed by atoms with E-state index in [-0.39, 0.29) is 84.6 Å². The van der Waals surface area contributed by atoms with Gasteiger partial charge in [-0.2, -0.15) is 29.2 Å². The van der Waals surface area contributed by atoms with E-state index in [1.54, 1.807) is 36.0 Å². The number of rotatable bonds is 24. The van der Waals surface area contributed by atoms with Gasteiger partial charge in [0.1, 0.15) is 16.9 Å². The third kappa shape index (κ3) is 18.9. The van der Waals surface area contributed by atoms with Crippen molar-refractivity contribution >= 4 is 40.3 Å². The first kappa shape index (κ1) is 82.5. The number of aliphatic hydroxyl groups excluding tert-OH is 3. The summed E-state index contributed by atoms with van der Waals surface area (Å²) in [6, 6.07) is 7.52. The summed E-state index contributed by atoms with van der Waals surface area (Å²) in [7, 11) is 5.43. The number of fused-ring (bicyclic) bond motifs is 3. The Hall–Kier alpha value is -8.47. The molecule has 0 bridgehead atoms. The maximum Gasteiger partial charge on any atom is 0.345 e. The molecular weight excluding hydrogens is 1450 g/mol. The zero-order valence-electron chi connectivity index (χ0n) is 67.9. The Balaban J connectivity index is 0.000000149. The number of likely N-dealkylation sites (N-methyl/N-ethyl adjacent to an activating group) is 1. The Morgan fingerprint density at radius 3 is 1.50 bits per heavy atom. The van der Waals surface area contributed by atoms with Gasteiger partial charge in [0.2, 0.25) is 23.7 Å². The highest BCUT2D eigenvalue weighted by Crippen LogP contribution is 2.43. The van der Waals surface area contributed by atoms with E-state index in [0.717, 1.165) is 145 Å². The fourth-order valence-electron chi connectivity index (χ4n) is 17.0. The number of aromatic nitrogens is 15. The lowest BCUT2D eigenvalue weighted by atomic mass is 9.79. The standard InChI is InChI=1S/C29H41F2N7O3.C29H44N8O3.C23H32N6O3/c1-19(18-41-28(30)31)13-26-32-16-25-23(14-24(38(25)34-26)20-5-7-22(39)8-6-20)21-15-33-37(17-21)29(2,3)27(40)36-11-9-35(4)10-12-36;1-18-14-35(15-19(2)32-18)27(39)29(4,5)36-16-22(12-31-36)24-11-25(21-7-9-23(38)10-8-21)37-26(24)13-30-28(34-37)33-20(3)17-40-6;1-14-6-16(4-5-22(14)30)20-7-19(17-8-25-28(10-17)18-12-32-13-18)21-9-24-23(27-29(20)21)26-15(2)11-31-3/h14-17,19-20,22,28,39H,5-13,18H2,1-4H3;11-13,16,18-21,23,32,38H,7-10,14-15,17H2,1-6H3,(H,33,34);7-10,14-16,18,22,30H,4-6,11-13H2,1-3H3,(H,26,27)/t19-,20?,22?;18-,19+,20-,21?,23?;14-,15+,16-,22-/m101/s1. The van der Waals surface area contributed by atoms with Gasteiger partial charge in [-0.05, 0) is 163 Å². The molecule has 12 heterocycles.